The minimum absolute atomic E-state index is 0.0278. The Morgan fingerprint density at radius 2 is 1.88 bits per heavy atom. The summed E-state index contributed by atoms with van der Waals surface area (Å²) >= 11 is 0. The number of carboxylic acids is 1. The van der Waals surface area contributed by atoms with Gasteiger partial charge in [-0.3, -0.25) is 4.79 Å². The molecule has 0 spiro atoms. The van der Waals surface area contributed by atoms with E-state index in [4.69, 9.17) is 5.11 Å². The molecule has 0 aliphatic heterocycles. The normalized spacial score (nSPS) is 17.4. The van der Waals surface area contributed by atoms with Gasteiger partial charge in [0.25, 0.3) is 0 Å². The number of carbonyl (C=O) groups is 2. The Kier molecular flexibility index (Phi) is 4.15. The molecule has 0 bridgehead atoms. The lowest BCUT2D eigenvalue weighted by Crippen LogP contribution is -2.58. The first-order chi connectivity index (χ1) is 7.53. The average Bonchev–Trinajstić information content (AvgIpc) is 2.15. The first-order valence-electron chi connectivity index (χ1n) is 5.82. The Hall–Kier alpha value is -1.26. The molecule has 0 saturated heterocycles. The highest BCUT2D eigenvalue weighted by atomic mass is 16.4. The maximum Gasteiger partial charge on any atom is 0.317 e. The molecule has 0 aromatic rings. The zero-order valence-corrected chi connectivity index (χ0v) is 9.95. The third-order valence-electron chi connectivity index (χ3n) is 3.22. The number of carbonyl (C=O) groups excluding carboxylic acids is 1. The van der Waals surface area contributed by atoms with Gasteiger partial charge in [-0.15, -0.1) is 0 Å². The van der Waals surface area contributed by atoms with Gasteiger partial charge < -0.3 is 15.3 Å². The summed E-state index contributed by atoms with van der Waals surface area (Å²) < 4.78 is 0. The van der Waals surface area contributed by atoms with Gasteiger partial charge in [-0.05, 0) is 33.1 Å². The van der Waals surface area contributed by atoms with Gasteiger partial charge in [0, 0.05) is 13.1 Å². The van der Waals surface area contributed by atoms with Crippen molar-refractivity contribution in [2.24, 2.45) is 0 Å². The summed E-state index contributed by atoms with van der Waals surface area (Å²) in [6.45, 7) is 5.11. The zero-order chi connectivity index (χ0) is 12.2. The second-order valence-electron chi connectivity index (χ2n) is 4.31. The molecular formula is C11H20N2O3. The van der Waals surface area contributed by atoms with E-state index in [-0.39, 0.29) is 12.5 Å². The Morgan fingerprint density at radius 1 is 1.31 bits per heavy atom. The number of amides is 2. The van der Waals surface area contributed by atoms with Gasteiger partial charge >= 0.3 is 12.0 Å². The minimum Gasteiger partial charge on any atom is -0.481 e. The van der Waals surface area contributed by atoms with Gasteiger partial charge in [-0.2, -0.15) is 0 Å². The molecule has 0 radical (unpaired) electrons. The molecule has 0 heterocycles. The topological polar surface area (TPSA) is 69.6 Å². The van der Waals surface area contributed by atoms with Crippen LogP contribution in [0, 0.1) is 0 Å². The first kappa shape index (κ1) is 12.8. The highest BCUT2D eigenvalue weighted by Crippen LogP contribution is 2.35. The number of carboxylic acid groups (broad SMARTS) is 1. The molecule has 2 N–H and O–H groups in total. The Morgan fingerprint density at radius 3 is 2.19 bits per heavy atom. The van der Waals surface area contributed by atoms with Crippen LogP contribution in [0.25, 0.3) is 0 Å². The number of aliphatic carboxylic acids is 1. The molecule has 0 aromatic heterocycles. The van der Waals surface area contributed by atoms with Crippen molar-refractivity contribution in [2.45, 2.75) is 45.1 Å². The van der Waals surface area contributed by atoms with E-state index < -0.39 is 11.5 Å². The largest absolute Gasteiger partial charge is 0.481 e. The van der Waals surface area contributed by atoms with Crippen LogP contribution in [0.4, 0.5) is 4.79 Å². The van der Waals surface area contributed by atoms with Crippen LogP contribution in [0.3, 0.4) is 0 Å². The van der Waals surface area contributed by atoms with Gasteiger partial charge in [0.1, 0.15) is 0 Å². The highest BCUT2D eigenvalue weighted by molar-refractivity contribution is 5.77. The van der Waals surface area contributed by atoms with Crippen molar-refractivity contribution in [3.05, 3.63) is 0 Å². The van der Waals surface area contributed by atoms with Gasteiger partial charge in [0.05, 0.1) is 12.0 Å². The van der Waals surface area contributed by atoms with E-state index in [1.54, 1.807) is 4.90 Å². The number of hydrogen-bond acceptors (Lipinski definition) is 2. The van der Waals surface area contributed by atoms with Crippen molar-refractivity contribution in [3.8, 4) is 0 Å². The number of nitrogens with one attached hydrogen (secondary N) is 1. The van der Waals surface area contributed by atoms with Crippen LogP contribution in [0.5, 0.6) is 0 Å². The number of urea groups is 1. The van der Waals surface area contributed by atoms with Crippen LogP contribution in [0.15, 0.2) is 0 Å². The SMILES string of the molecule is CCN(CC)C(=O)NC1(CC(=O)O)CCC1. The molecule has 5 nitrogen and oxygen atoms in total. The van der Waals surface area contributed by atoms with Crippen LogP contribution in [-0.2, 0) is 4.79 Å². The molecule has 1 aliphatic carbocycles. The molecular weight excluding hydrogens is 208 g/mol. The fraction of sp³-hybridized carbons (Fsp3) is 0.818. The Balaban J connectivity index is 2.56. The monoisotopic (exact) mass is 228 g/mol. The molecule has 1 rings (SSSR count). The maximum absolute atomic E-state index is 11.8. The van der Waals surface area contributed by atoms with Crippen molar-refractivity contribution in [1.29, 1.82) is 0 Å². The Bertz CT molecular complexity index is 270. The molecule has 92 valence electrons. The standard InChI is InChI=1S/C11H20N2O3/c1-3-13(4-2)10(16)12-11(6-5-7-11)8-9(14)15/h3-8H2,1-2H3,(H,12,16)(H,14,15). The van der Waals surface area contributed by atoms with E-state index in [2.05, 4.69) is 5.32 Å². The van der Waals surface area contributed by atoms with Crippen molar-refractivity contribution in [2.75, 3.05) is 13.1 Å². The van der Waals surface area contributed by atoms with Crippen molar-refractivity contribution in [1.82, 2.24) is 10.2 Å². The number of nitrogens with zero attached hydrogens (tertiary/aromatic N) is 1. The van der Waals surface area contributed by atoms with Crippen molar-refractivity contribution >= 4 is 12.0 Å². The van der Waals surface area contributed by atoms with E-state index >= 15 is 0 Å². The predicted octanol–water partition coefficient (Wildman–Crippen LogP) is 1.44. The summed E-state index contributed by atoms with van der Waals surface area (Å²) in [6.07, 6.45) is 2.56. The van der Waals surface area contributed by atoms with Crippen LogP contribution in [-0.4, -0.2) is 40.6 Å². The van der Waals surface area contributed by atoms with E-state index in [9.17, 15) is 9.59 Å². The first-order valence-corrected chi connectivity index (χ1v) is 5.82. The molecule has 1 fully saturated rings. The molecule has 0 aromatic carbocycles. The lowest BCUT2D eigenvalue weighted by Gasteiger charge is -2.42. The zero-order valence-electron chi connectivity index (χ0n) is 9.95. The van der Waals surface area contributed by atoms with E-state index in [0.717, 1.165) is 19.3 Å². The fourth-order valence-corrected chi connectivity index (χ4v) is 2.06. The average molecular weight is 228 g/mol. The number of hydrogen-bond donors (Lipinski definition) is 2. The van der Waals surface area contributed by atoms with E-state index in [1.807, 2.05) is 13.8 Å². The smallest absolute Gasteiger partial charge is 0.317 e. The summed E-state index contributed by atoms with van der Waals surface area (Å²) in [4.78, 5) is 24.2. The summed E-state index contributed by atoms with van der Waals surface area (Å²) in [6, 6.07) is -0.147. The summed E-state index contributed by atoms with van der Waals surface area (Å²) in [5, 5.41) is 11.7. The summed E-state index contributed by atoms with van der Waals surface area (Å²) in [5.41, 5.74) is -0.495. The van der Waals surface area contributed by atoms with E-state index in [1.165, 1.54) is 0 Å². The quantitative estimate of drug-likeness (QED) is 0.748. The number of rotatable bonds is 5. The lowest BCUT2D eigenvalue weighted by atomic mass is 9.74. The van der Waals surface area contributed by atoms with Gasteiger partial charge in [0.15, 0.2) is 0 Å². The van der Waals surface area contributed by atoms with Crippen LogP contribution < -0.4 is 5.32 Å². The second-order valence-corrected chi connectivity index (χ2v) is 4.31. The third-order valence-corrected chi connectivity index (χ3v) is 3.22. The fourth-order valence-electron chi connectivity index (χ4n) is 2.06. The van der Waals surface area contributed by atoms with Crippen LogP contribution >= 0.6 is 0 Å². The predicted molar refractivity (Wildman–Crippen MR) is 60.3 cm³/mol. The summed E-state index contributed by atoms with van der Waals surface area (Å²) in [5.74, 6) is -0.848. The lowest BCUT2D eigenvalue weighted by molar-refractivity contribution is -0.139. The molecule has 16 heavy (non-hydrogen) atoms. The van der Waals surface area contributed by atoms with Crippen LogP contribution in [0.2, 0.25) is 0 Å². The summed E-state index contributed by atoms with van der Waals surface area (Å²) in [7, 11) is 0. The van der Waals surface area contributed by atoms with Crippen LogP contribution in [0.1, 0.15) is 39.5 Å². The van der Waals surface area contributed by atoms with Crippen molar-refractivity contribution < 1.29 is 14.7 Å². The molecule has 2 amide bonds. The Labute approximate surface area is 95.8 Å². The van der Waals surface area contributed by atoms with Gasteiger partial charge in [-0.25, -0.2) is 4.79 Å². The van der Waals surface area contributed by atoms with Gasteiger partial charge in [-0.1, -0.05) is 0 Å². The highest BCUT2D eigenvalue weighted by Gasteiger charge is 2.40. The molecule has 1 saturated carbocycles. The molecule has 5 heteroatoms. The molecule has 0 unspecified atom stereocenters. The molecule has 0 atom stereocenters. The molecule has 1 aliphatic rings. The van der Waals surface area contributed by atoms with Gasteiger partial charge in [0.2, 0.25) is 0 Å². The minimum atomic E-state index is -0.848. The third kappa shape index (κ3) is 2.87. The van der Waals surface area contributed by atoms with Crippen molar-refractivity contribution in [3.63, 3.8) is 0 Å². The van der Waals surface area contributed by atoms with E-state index in [0.29, 0.717) is 13.1 Å². The maximum atomic E-state index is 11.8. The second kappa shape index (κ2) is 5.18.